The van der Waals surface area contributed by atoms with Crippen LogP contribution in [0, 0.1) is 0 Å². The molecule has 162 valence electrons. The van der Waals surface area contributed by atoms with E-state index in [-0.39, 0.29) is 18.8 Å². The van der Waals surface area contributed by atoms with Crippen LogP contribution < -0.4 is 0 Å². The summed E-state index contributed by atoms with van der Waals surface area (Å²) in [6.07, 6.45) is 2.73. The van der Waals surface area contributed by atoms with Crippen molar-refractivity contribution < 1.29 is 32.0 Å². The lowest BCUT2D eigenvalue weighted by Crippen LogP contribution is -2.20. The highest BCUT2D eigenvalue weighted by Gasteiger charge is 2.31. The summed E-state index contributed by atoms with van der Waals surface area (Å²) in [5, 5.41) is 0. The zero-order valence-corrected chi connectivity index (χ0v) is 17.9. The minimum atomic E-state index is -4.80. The van der Waals surface area contributed by atoms with Crippen LogP contribution in [0.25, 0.3) is 11.1 Å². The number of carbonyl (C=O) groups excluding carboxylic acids is 2. The van der Waals surface area contributed by atoms with Crippen molar-refractivity contribution in [2.24, 2.45) is 0 Å². The van der Waals surface area contributed by atoms with Crippen LogP contribution in [0.2, 0.25) is 0 Å². The fraction of sp³-hybridized carbons (Fsp3) is 0.364. The van der Waals surface area contributed by atoms with Crippen LogP contribution >= 0.6 is 0 Å². The summed E-state index contributed by atoms with van der Waals surface area (Å²) >= 11 is 0. The Morgan fingerprint density at radius 2 is 1.37 bits per heavy atom. The zero-order valence-electron chi connectivity index (χ0n) is 17.1. The molecule has 0 fully saturated rings. The molecule has 2 aromatic carbocycles. The molecule has 8 heteroatoms. The normalized spacial score (nSPS) is 11.2. The summed E-state index contributed by atoms with van der Waals surface area (Å²) in [6.45, 7) is 4.01. The fourth-order valence-electron chi connectivity index (χ4n) is 2.83. The van der Waals surface area contributed by atoms with Crippen molar-refractivity contribution in [1.82, 2.24) is 0 Å². The minimum absolute atomic E-state index is 0.0557. The van der Waals surface area contributed by atoms with Crippen molar-refractivity contribution in [3.8, 4) is 11.1 Å². The second kappa shape index (κ2) is 10.9. The van der Waals surface area contributed by atoms with E-state index in [2.05, 4.69) is 0 Å². The van der Waals surface area contributed by atoms with Gasteiger partial charge in [0.05, 0.1) is 24.3 Å². The molecule has 0 radical (unpaired) electrons. The number of hydrogen-bond acceptors (Lipinski definition) is 6. The topological polar surface area (TPSA) is 107 Å². The summed E-state index contributed by atoms with van der Waals surface area (Å²) in [5.41, 5.74) is 0.141. The summed E-state index contributed by atoms with van der Waals surface area (Å²) < 4.78 is 44.1. The number of esters is 2. The molecule has 0 aliphatic rings. The predicted octanol–water partition coefficient (Wildman–Crippen LogP) is 4.51. The van der Waals surface area contributed by atoms with Gasteiger partial charge in [-0.15, -0.1) is 0 Å². The largest absolute Gasteiger partial charge is 0.462 e. The van der Waals surface area contributed by atoms with Gasteiger partial charge in [0.2, 0.25) is 0 Å². The Bertz CT molecular complexity index is 982. The van der Waals surface area contributed by atoms with Gasteiger partial charge in [-0.05, 0) is 30.0 Å². The number of hydrogen-bond donors (Lipinski definition) is 1. The van der Waals surface area contributed by atoms with Crippen molar-refractivity contribution in [1.29, 1.82) is 0 Å². The number of unbranched alkanes of at least 4 members (excludes halogenated alkanes) is 2. The molecule has 0 bridgehead atoms. The van der Waals surface area contributed by atoms with Crippen LogP contribution in [0.4, 0.5) is 0 Å². The Labute approximate surface area is 176 Å². The van der Waals surface area contributed by atoms with Gasteiger partial charge in [0.25, 0.3) is 10.1 Å². The Hall–Kier alpha value is -2.71. The van der Waals surface area contributed by atoms with Gasteiger partial charge in [-0.1, -0.05) is 63.1 Å². The monoisotopic (exact) mass is 434 g/mol. The van der Waals surface area contributed by atoms with Crippen LogP contribution in [0.3, 0.4) is 0 Å². The standard InChI is InChI=1S/C22H26O7S/c1-3-5-14-28-21(23)19-17(16-10-8-7-9-11-16)12-13-18(30(25,26)27)20(19)22(24)29-15-6-4-2/h7-13H,3-6,14-15H2,1-2H3,(H,25,26,27). The van der Waals surface area contributed by atoms with E-state index in [1.165, 1.54) is 6.07 Å². The van der Waals surface area contributed by atoms with E-state index in [0.717, 1.165) is 18.9 Å². The lowest BCUT2D eigenvalue weighted by molar-refractivity contribution is 0.0449. The van der Waals surface area contributed by atoms with Crippen LogP contribution in [-0.4, -0.2) is 38.1 Å². The van der Waals surface area contributed by atoms with Gasteiger partial charge in [-0.2, -0.15) is 8.42 Å². The summed E-state index contributed by atoms with van der Waals surface area (Å²) in [7, 11) is -4.80. The number of ether oxygens (including phenoxy) is 2. The van der Waals surface area contributed by atoms with Crippen LogP contribution in [0.15, 0.2) is 47.4 Å². The van der Waals surface area contributed by atoms with E-state index >= 15 is 0 Å². The van der Waals surface area contributed by atoms with Crippen LogP contribution in [-0.2, 0) is 19.6 Å². The maximum Gasteiger partial charge on any atom is 0.340 e. The van der Waals surface area contributed by atoms with Gasteiger partial charge >= 0.3 is 11.9 Å². The van der Waals surface area contributed by atoms with Crippen LogP contribution in [0.5, 0.6) is 0 Å². The van der Waals surface area contributed by atoms with Gasteiger partial charge in [-0.25, -0.2) is 9.59 Å². The molecule has 1 N–H and O–H groups in total. The first-order chi connectivity index (χ1) is 14.3. The molecule has 0 aliphatic carbocycles. The SMILES string of the molecule is CCCCOC(=O)c1c(-c2ccccc2)ccc(S(=O)(=O)O)c1C(=O)OCCCC. The average molecular weight is 435 g/mol. The minimum Gasteiger partial charge on any atom is -0.462 e. The molecule has 2 rings (SSSR count). The molecule has 0 atom stereocenters. The first kappa shape index (κ1) is 23.6. The van der Waals surface area contributed by atoms with Gasteiger partial charge in [-0.3, -0.25) is 4.55 Å². The smallest absolute Gasteiger partial charge is 0.340 e. The molecule has 0 spiro atoms. The molecule has 30 heavy (non-hydrogen) atoms. The highest BCUT2D eigenvalue weighted by molar-refractivity contribution is 7.86. The second-order valence-electron chi connectivity index (χ2n) is 6.68. The van der Waals surface area contributed by atoms with E-state index in [1.807, 2.05) is 13.8 Å². The fourth-order valence-corrected chi connectivity index (χ4v) is 3.52. The quantitative estimate of drug-likeness (QED) is 0.333. The Morgan fingerprint density at radius 3 is 1.87 bits per heavy atom. The van der Waals surface area contributed by atoms with Gasteiger partial charge in [0, 0.05) is 0 Å². The zero-order chi connectivity index (χ0) is 22.1. The summed E-state index contributed by atoms with van der Waals surface area (Å²) in [4.78, 5) is 25.1. The molecule has 2 aromatic rings. The lowest BCUT2D eigenvalue weighted by atomic mass is 9.95. The molecular weight excluding hydrogens is 408 g/mol. The average Bonchev–Trinajstić information content (AvgIpc) is 2.72. The number of benzene rings is 2. The van der Waals surface area contributed by atoms with Crippen LogP contribution in [0.1, 0.15) is 60.2 Å². The van der Waals surface area contributed by atoms with Gasteiger partial charge < -0.3 is 9.47 Å². The molecular formula is C22H26O7S. The third kappa shape index (κ3) is 5.90. The van der Waals surface area contributed by atoms with E-state index in [4.69, 9.17) is 9.47 Å². The third-order valence-electron chi connectivity index (χ3n) is 4.40. The molecule has 0 aliphatic heterocycles. The molecule has 0 heterocycles. The third-order valence-corrected chi connectivity index (χ3v) is 5.30. The van der Waals surface area contributed by atoms with Crippen molar-refractivity contribution in [2.45, 2.75) is 44.4 Å². The first-order valence-corrected chi connectivity index (χ1v) is 11.3. The van der Waals surface area contributed by atoms with Crippen molar-refractivity contribution in [2.75, 3.05) is 13.2 Å². The van der Waals surface area contributed by atoms with Crippen molar-refractivity contribution >= 4 is 22.1 Å². The maximum atomic E-state index is 12.9. The van der Waals surface area contributed by atoms with E-state index in [0.29, 0.717) is 24.0 Å². The van der Waals surface area contributed by atoms with E-state index in [9.17, 15) is 22.6 Å². The number of carbonyl (C=O) groups is 2. The summed E-state index contributed by atoms with van der Waals surface area (Å²) in [5.74, 6) is -1.86. The molecule has 0 unspecified atom stereocenters. The molecule has 0 aromatic heterocycles. The highest BCUT2D eigenvalue weighted by Crippen LogP contribution is 2.32. The number of rotatable bonds is 10. The van der Waals surface area contributed by atoms with Crippen molar-refractivity contribution in [3.63, 3.8) is 0 Å². The molecule has 0 saturated heterocycles. The molecule has 0 amide bonds. The van der Waals surface area contributed by atoms with Gasteiger partial charge in [0.1, 0.15) is 4.90 Å². The first-order valence-electron chi connectivity index (χ1n) is 9.85. The maximum absolute atomic E-state index is 12.9. The Kier molecular flexibility index (Phi) is 8.56. The molecule has 0 saturated carbocycles. The van der Waals surface area contributed by atoms with Gasteiger partial charge in [0.15, 0.2) is 0 Å². The molecule has 7 nitrogen and oxygen atoms in total. The highest BCUT2D eigenvalue weighted by atomic mass is 32.2. The van der Waals surface area contributed by atoms with E-state index < -0.39 is 32.5 Å². The Balaban J connectivity index is 2.71. The second-order valence-corrected chi connectivity index (χ2v) is 8.07. The van der Waals surface area contributed by atoms with Crippen molar-refractivity contribution in [3.05, 3.63) is 53.6 Å². The summed E-state index contributed by atoms with van der Waals surface area (Å²) in [6, 6.07) is 11.2. The lowest BCUT2D eigenvalue weighted by Gasteiger charge is -2.16. The van der Waals surface area contributed by atoms with E-state index in [1.54, 1.807) is 30.3 Å². The Morgan fingerprint density at radius 1 is 0.833 bits per heavy atom. The predicted molar refractivity (Wildman–Crippen MR) is 112 cm³/mol.